The van der Waals surface area contributed by atoms with Gasteiger partial charge in [0, 0.05) is 5.33 Å². The molecule has 0 spiro atoms. The van der Waals surface area contributed by atoms with E-state index in [2.05, 4.69) is 47.8 Å². The Bertz CT molecular complexity index is 22.8. The molecule has 0 aliphatic heterocycles. The highest BCUT2D eigenvalue weighted by Crippen LogP contribution is 2.09. The Kier molecular flexibility index (Phi) is 11.1. The lowest BCUT2D eigenvalue weighted by molar-refractivity contribution is 0.824. The zero-order valence-corrected chi connectivity index (χ0v) is 7.68. The van der Waals surface area contributed by atoms with E-state index in [1.165, 1.54) is 0 Å². The van der Waals surface area contributed by atoms with Crippen LogP contribution in [0.15, 0.2) is 0 Å². The molecular formula is C2H5Br3O. The Balaban J connectivity index is 0. The van der Waals surface area contributed by atoms with Crippen LogP contribution in [-0.4, -0.2) is 14.5 Å². The highest BCUT2D eigenvalue weighted by Gasteiger charge is 1.87. The fourth-order valence-corrected chi connectivity index (χ4v) is 0. The number of alkyl halides is 3. The number of rotatable bonds is 1. The molecule has 0 fully saturated rings. The maximum atomic E-state index is 3.24. The average molecular weight is 285 g/mol. The van der Waals surface area contributed by atoms with Gasteiger partial charge in [0.15, 0.2) is 0 Å². The van der Waals surface area contributed by atoms with Gasteiger partial charge in [-0.15, -0.1) is 0 Å². The summed E-state index contributed by atoms with van der Waals surface area (Å²) >= 11 is 9.71. The van der Waals surface area contributed by atoms with Crippen molar-refractivity contribution in [2.45, 2.75) is 3.74 Å². The first-order valence-corrected chi connectivity index (χ1v) is 4.06. The maximum absolute atomic E-state index is 3.24. The molecule has 40 valence electrons. The first-order chi connectivity index (χ1) is 2.27. The summed E-state index contributed by atoms with van der Waals surface area (Å²) in [6.07, 6.45) is 0. The second kappa shape index (κ2) is 6.40. The van der Waals surface area contributed by atoms with Crippen molar-refractivity contribution in [2.24, 2.45) is 0 Å². The molecule has 0 aromatic carbocycles. The third-order valence-corrected chi connectivity index (χ3v) is 3.15. The van der Waals surface area contributed by atoms with E-state index in [0.717, 1.165) is 5.33 Å². The summed E-state index contributed by atoms with van der Waals surface area (Å²) in [6, 6.07) is 0. The molecule has 0 aromatic rings. The van der Waals surface area contributed by atoms with Gasteiger partial charge < -0.3 is 5.48 Å². The van der Waals surface area contributed by atoms with Crippen LogP contribution in [0.1, 0.15) is 0 Å². The largest absolute Gasteiger partial charge is 0.412 e. The van der Waals surface area contributed by atoms with Crippen molar-refractivity contribution >= 4 is 47.8 Å². The minimum absolute atomic E-state index is 0. The van der Waals surface area contributed by atoms with Crippen LogP contribution in [0.5, 0.6) is 0 Å². The number of hydrogen-bond acceptors (Lipinski definition) is 0. The zero-order chi connectivity index (χ0) is 4.28. The van der Waals surface area contributed by atoms with Crippen LogP contribution in [0.4, 0.5) is 0 Å². The highest BCUT2D eigenvalue weighted by molar-refractivity contribution is 9.25. The summed E-state index contributed by atoms with van der Waals surface area (Å²) in [5, 5.41) is 0.951. The topological polar surface area (TPSA) is 31.5 Å². The van der Waals surface area contributed by atoms with Crippen LogP contribution in [0.2, 0.25) is 0 Å². The van der Waals surface area contributed by atoms with E-state index in [1.807, 2.05) is 0 Å². The fourth-order valence-electron chi connectivity index (χ4n) is 0. The van der Waals surface area contributed by atoms with Crippen molar-refractivity contribution in [1.82, 2.24) is 0 Å². The summed E-state index contributed by atoms with van der Waals surface area (Å²) in [5.74, 6) is 0. The first kappa shape index (κ1) is 10.4. The Labute approximate surface area is 62.2 Å². The predicted octanol–water partition coefficient (Wildman–Crippen LogP) is 1.67. The van der Waals surface area contributed by atoms with E-state index in [-0.39, 0.29) is 5.48 Å². The molecule has 1 nitrogen and oxygen atoms in total. The zero-order valence-electron chi connectivity index (χ0n) is 2.92. The Hall–Kier alpha value is 1.40. The van der Waals surface area contributed by atoms with E-state index < -0.39 is 0 Å². The lowest BCUT2D eigenvalue weighted by Crippen LogP contribution is -1.79. The van der Waals surface area contributed by atoms with Crippen LogP contribution in [0.25, 0.3) is 0 Å². The van der Waals surface area contributed by atoms with Gasteiger partial charge in [-0.2, -0.15) is 0 Å². The van der Waals surface area contributed by atoms with Crippen molar-refractivity contribution in [3.05, 3.63) is 0 Å². The molecule has 0 aliphatic rings. The molecule has 0 aromatic heterocycles. The van der Waals surface area contributed by atoms with E-state index in [4.69, 9.17) is 0 Å². The minimum Gasteiger partial charge on any atom is -0.412 e. The van der Waals surface area contributed by atoms with Gasteiger partial charge in [-0.3, -0.25) is 0 Å². The second-order valence-corrected chi connectivity index (χ2v) is 4.63. The summed E-state index contributed by atoms with van der Waals surface area (Å²) in [5.41, 5.74) is 0. The van der Waals surface area contributed by atoms with Crippen LogP contribution >= 0.6 is 47.8 Å². The Morgan fingerprint density at radius 1 is 1.33 bits per heavy atom. The molecule has 0 unspecified atom stereocenters. The third-order valence-electron chi connectivity index (χ3n) is 0.117. The van der Waals surface area contributed by atoms with E-state index >= 15 is 0 Å². The fraction of sp³-hybridized carbons (Fsp3) is 1.00. The van der Waals surface area contributed by atoms with E-state index in [1.54, 1.807) is 0 Å². The average Bonchev–Trinajstić information content (AvgIpc) is 1.38. The molecule has 0 saturated heterocycles. The second-order valence-electron chi connectivity index (χ2n) is 0.545. The first-order valence-electron chi connectivity index (χ1n) is 1.11. The summed E-state index contributed by atoms with van der Waals surface area (Å²) in [6.45, 7) is 0. The number of halogens is 3. The molecule has 0 rings (SSSR count). The smallest absolute Gasteiger partial charge is 0.0794 e. The Morgan fingerprint density at radius 2 is 1.50 bits per heavy atom. The van der Waals surface area contributed by atoms with Crippen molar-refractivity contribution in [2.75, 3.05) is 5.33 Å². The van der Waals surface area contributed by atoms with Gasteiger partial charge in [0.1, 0.15) is 0 Å². The lowest BCUT2D eigenvalue weighted by Gasteiger charge is -1.83. The van der Waals surface area contributed by atoms with Crippen molar-refractivity contribution in [1.29, 1.82) is 0 Å². The van der Waals surface area contributed by atoms with E-state index in [0.29, 0.717) is 3.74 Å². The third kappa shape index (κ3) is 9.04. The van der Waals surface area contributed by atoms with Crippen LogP contribution in [-0.2, 0) is 0 Å². The molecule has 0 atom stereocenters. The highest BCUT2D eigenvalue weighted by atomic mass is 79.9. The molecular weight excluding hydrogens is 280 g/mol. The van der Waals surface area contributed by atoms with Crippen molar-refractivity contribution < 1.29 is 5.48 Å². The quantitative estimate of drug-likeness (QED) is 0.656. The van der Waals surface area contributed by atoms with Gasteiger partial charge in [0.2, 0.25) is 0 Å². The van der Waals surface area contributed by atoms with Crippen LogP contribution < -0.4 is 0 Å². The van der Waals surface area contributed by atoms with Gasteiger partial charge in [0.05, 0.1) is 3.74 Å². The summed E-state index contributed by atoms with van der Waals surface area (Å²) < 4.78 is 0.426. The summed E-state index contributed by atoms with van der Waals surface area (Å²) in [4.78, 5) is 0. The minimum atomic E-state index is 0. The van der Waals surface area contributed by atoms with Crippen LogP contribution in [0.3, 0.4) is 0 Å². The van der Waals surface area contributed by atoms with Crippen LogP contribution in [0, 0.1) is 0 Å². The number of hydrogen-bond donors (Lipinski definition) is 0. The van der Waals surface area contributed by atoms with Gasteiger partial charge >= 0.3 is 0 Å². The monoisotopic (exact) mass is 282 g/mol. The Morgan fingerprint density at radius 3 is 1.50 bits per heavy atom. The molecule has 0 saturated carbocycles. The molecule has 0 bridgehead atoms. The van der Waals surface area contributed by atoms with Gasteiger partial charge in [-0.1, -0.05) is 47.8 Å². The lowest BCUT2D eigenvalue weighted by atomic mass is 11.0. The normalized spacial score (nSPS) is 8.00. The van der Waals surface area contributed by atoms with Gasteiger partial charge in [-0.25, -0.2) is 0 Å². The summed E-state index contributed by atoms with van der Waals surface area (Å²) in [7, 11) is 0. The predicted molar refractivity (Wildman–Crippen MR) is 39.0 cm³/mol. The van der Waals surface area contributed by atoms with Gasteiger partial charge in [-0.05, 0) is 0 Å². The molecule has 2 N–H and O–H groups in total. The van der Waals surface area contributed by atoms with Gasteiger partial charge in [0.25, 0.3) is 0 Å². The molecule has 6 heavy (non-hydrogen) atoms. The molecule has 0 aliphatic carbocycles. The molecule has 0 amide bonds. The SMILES string of the molecule is BrCC(Br)Br.O. The van der Waals surface area contributed by atoms with Crippen molar-refractivity contribution in [3.8, 4) is 0 Å². The molecule has 0 radical (unpaired) electrons. The standard InChI is InChI=1S/C2H3Br3.H2O/c3-1-2(4)5;/h2H,1H2;1H2. The maximum Gasteiger partial charge on any atom is 0.0794 e. The van der Waals surface area contributed by atoms with Crippen molar-refractivity contribution in [3.63, 3.8) is 0 Å². The molecule has 4 heteroatoms. The molecule has 0 heterocycles. The van der Waals surface area contributed by atoms with E-state index in [9.17, 15) is 0 Å².